The van der Waals surface area contributed by atoms with E-state index in [1.165, 1.54) is 0 Å². The minimum atomic E-state index is -1.19. The van der Waals surface area contributed by atoms with Gasteiger partial charge in [0.05, 0.1) is 5.69 Å². The number of anilines is 1. The number of carbonyl (C=O) groups is 2. The van der Waals surface area contributed by atoms with E-state index in [1.807, 2.05) is 6.92 Å². The van der Waals surface area contributed by atoms with Crippen LogP contribution in [0.2, 0.25) is 0 Å². The van der Waals surface area contributed by atoms with Crippen molar-refractivity contribution in [3.05, 3.63) is 29.8 Å². The third-order valence-corrected chi connectivity index (χ3v) is 1.88. The molecule has 1 aromatic carbocycles. The molecule has 15 heavy (non-hydrogen) atoms. The molecule has 0 aliphatic rings. The molecule has 1 rings (SSSR count). The molecule has 3 N–H and O–H groups in total. The Kier molecular flexibility index (Phi) is 3.41. The predicted octanol–water partition coefficient (Wildman–Crippen LogP) is 0.676. The molecule has 1 aromatic rings. The van der Waals surface area contributed by atoms with Gasteiger partial charge >= 0.3 is 5.97 Å². The Balaban J connectivity index is 2.76. The van der Waals surface area contributed by atoms with Gasteiger partial charge in [-0.25, -0.2) is 10.9 Å². The molecule has 0 heterocycles. The summed E-state index contributed by atoms with van der Waals surface area (Å²) in [4.78, 5) is 21.6. The van der Waals surface area contributed by atoms with Gasteiger partial charge in [0.2, 0.25) is 0 Å². The van der Waals surface area contributed by atoms with Crippen molar-refractivity contribution in [2.24, 2.45) is 5.84 Å². The van der Waals surface area contributed by atoms with Gasteiger partial charge in [-0.3, -0.25) is 9.59 Å². The Bertz CT molecular complexity index is 373. The maximum Gasteiger partial charge on any atom is 0.312 e. The summed E-state index contributed by atoms with van der Waals surface area (Å²) in [6.07, 6.45) is -0.607. The molecular formula is C10H12N2O3. The number of hydrogen-bond acceptors (Lipinski definition) is 3. The third-order valence-electron chi connectivity index (χ3n) is 1.88. The molecule has 0 aliphatic carbocycles. The fraction of sp³-hybridized carbons (Fsp3) is 0.200. The van der Waals surface area contributed by atoms with Gasteiger partial charge in [-0.1, -0.05) is 17.7 Å². The predicted molar refractivity (Wildman–Crippen MR) is 55.1 cm³/mol. The lowest BCUT2D eigenvalue weighted by atomic mass is 10.2. The van der Waals surface area contributed by atoms with Crippen molar-refractivity contribution in [3.63, 3.8) is 0 Å². The first kappa shape index (κ1) is 11.2. The molecule has 0 fully saturated rings. The molecule has 0 radical (unpaired) electrons. The van der Waals surface area contributed by atoms with Gasteiger partial charge in [-0.15, -0.1) is 0 Å². The van der Waals surface area contributed by atoms with Crippen molar-refractivity contribution in [1.29, 1.82) is 0 Å². The fourth-order valence-corrected chi connectivity index (χ4v) is 1.06. The minimum Gasteiger partial charge on any atom is -0.481 e. The minimum absolute atomic E-state index is 0.479. The number of nitrogens with zero attached hydrogens (tertiary/aromatic N) is 1. The Morgan fingerprint density at radius 2 is 1.87 bits per heavy atom. The summed E-state index contributed by atoms with van der Waals surface area (Å²) in [6.45, 7) is 1.91. The summed E-state index contributed by atoms with van der Waals surface area (Å²) < 4.78 is 0. The van der Waals surface area contributed by atoms with E-state index in [4.69, 9.17) is 10.9 Å². The van der Waals surface area contributed by atoms with Gasteiger partial charge in [0.1, 0.15) is 6.42 Å². The second-order valence-electron chi connectivity index (χ2n) is 3.17. The molecule has 0 bridgehead atoms. The van der Waals surface area contributed by atoms with E-state index in [2.05, 4.69) is 0 Å². The van der Waals surface area contributed by atoms with Gasteiger partial charge in [-0.2, -0.15) is 0 Å². The number of carboxylic acid groups (broad SMARTS) is 1. The van der Waals surface area contributed by atoms with Crippen LogP contribution in [0.15, 0.2) is 24.3 Å². The first-order valence-corrected chi connectivity index (χ1v) is 4.37. The highest BCUT2D eigenvalue weighted by Crippen LogP contribution is 2.12. The number of aliphatic carboxylic acids is 1. The largest absolute Gasteiger partial charge is 0.481 e. The third kappa shape index (κ3) is 3.07. The van der Waals surface area contributed by atoms with Crippen LogP contribution in [0.1, 0.15) is 12.0 Å². The molecule has 0 aliphatic heterocycles. The van der Waals surface area contributed by atoms with Crippen molar-refractivity contribution < 1.29 is 14.7 Å². The maximum absolute atomic E-state index is 11.3. The second-order valence-corrected chi connectivity index (χ2v) is 3.17. The van der Waals surface area contributed by atoms with Crippen molar-refractivity contribution in [2.45, 2.75) is 13.3 Å². The number of hydrogen-bond donors (Lipinski definition) is 2. The van der Waals surface area contributed by atoms with Crippen LogP contribution in [-0.4, -0.2) is 17.0 Å². The summed E-state index contributed by atoms with van der Waals surface area (Å²) in [5.74, 6) is 3.62. The average molecular weight is 208 g/mol. The first-order chi connectivity index (χ1) is 7.00. The van der Waals surface area contributed by atoms with E-state index in [1.54, 1.807) is 24.3 Å². The lowest BCUT2D eigenvalue weighted by Gasteiger charge is -2.15. The highest BCUT2D eigenvalue weighted by molar-refractivity contribution is 6.02. The number of amides is 1. The molecule has 0 saturated heterocycles. The molecule has 0 spiro atoms. The summed E-state index contributed by atoms with van der Waals surface area (Å²) in [7, 11) is 0. The van der Waals surface area contributed by atoms with Gasteiger partial charge in [0, 0.05) is 0 Å². The SMILES string of the molecule is Cc1ccc(N(N)C(=O)CC(=O)O)cc1. The number of benzene rings is 1. The molecule has 80 valence electrons. The zero-order valence-corrected chi connectivity index (χ0v) is 8.30. The van der Waals surface area contributed by atoms with Crippen LogP contribution < -0.4 is 10.9 Å². The van der Waals surface area contributed by atoms with Gasteiger partial charge in [0.25, 0.3) is 5.91 Å². The molecule has 5 nitrogen and oxygen atoms in total. The van der Waals surface area contributed by atoms with Crippen molar-refractivity contribution in [1.82, 2.24) is 0 Å². The molecule has 5 heteroatoms. The highest BCUT2D eigenvalue weighted by Gasteiger charge is 2.14. The standard InChI is InChI=1S/C10H12N2O3/c1-7-2-4-8(5-3-7)12(11)9(13)6-10(14)15/h2-5H,6,11H2,1H3,(H,14,15). The van der Waals surface area contributed by atoms with E-state index in [-0.39, 0.29) is 0 Å². The maximum atomic E-state index is 11.3. The van der Waals surface area contributed by atoms with Crippen LogP contribution in [0.5, 0.6) is 0 Å². The Morgan fingerprint density at radius 1 is 1.33 bits per heavy atom. The van der Waals surface area contributed by atoms with Crippen LogP contribution in [0.4, 0.5) is 5.69 Å². The topological polar surface area (TPSA) is 83.6 Å². The zero-order chi connectivity index (χ0) is 11.4. The molecule has 0 atom stereocenters. The van der Waals surface area contributed by atoms with E-state index in [9.17, 15) is 9.59 Å². The van der Waals surface area contributed by atoms with E-state index >= 15 is 0 Å². The van der Waals surface area contributed by atoms with E-state index in [0.29, 0.717) is 5.69 Å². The smallest absolute Gasteiger partial charge is 0.312 e. The van der Waals surface area contributed by atoms with Gasteiger partial charge in [-0.05, 0) is 19.1 Å². The number of nitrogens with two attached hydrogens (primary N) is 1. The van der Waals surface area contributed by atoms with Crippen LogP contribution >= 0.6 is 0 Å². The zero-order valence-electron chi connectivity index (χ0n) is 8.30. The Labute approximate surface area is 87.1 Å². The van der Waals surface area contributed by atoms with Crippen LogP contribution in [-0.2, 0) is 9.59 Å². The Hall–Kier alpha value is -1.88. The fourth-order valence-electron chi connectivity index (χ4n) is 1.06. The average Bonchev–Trinajstić information content (AvgIpc) is 2.17. The van der Waals surface area contributed by atoms with Gasteiger partial charge < -0.3 is 5.11 Å². The summed E-state index contributed by atoms with van der Waals surface area (Å²) in [6, 6.07) is 6.91. The second kappa shape index (κ2) is 4.56. The van der Waals surface area contributed by atoms with Crippen LogP contribution in [0, 0.1) is 6.92 Å². The Morgan fingerprint density at radius 3 is 2.33 bits per heavy atom. The van der Waals surface area contributed by atoms with Crippen molar-refractivity contribution in [3.8, 4) is 0 Å². The van der Waals surface area contributed by atoms with Gasteiger partial charge in [0.15, 0.2) is 0 Å². The lowest BCUT2D eigenvalue weighted by molar-refractivity contribution is -0.140. The molecule has 1 amide bonds. The van der Waals surface area contributed by atoms with Crippen molar-refractivity contribution in [2.75, 3.05) is 5.01 Å². The van der Waals surface area contributed by atoms with E-state index < -0.39 is 18.3 Å². The molecule has 0 saturated carbocycles. The number of rotatable bonds is 3. The molecule has 0 unspecified atom stereocenters. The number of carbonyl (C=O) groups excluding carboxylic acids is 1. The summed E-state index contributed by atoms with van der Waals surface area (Å²) >= 11 is 0. The van der Waals surface area contributed by atoms with Crippen LogP contribution in [0.3, 0.4) is 0 Å². The molecular weight excluding hydrogens is 196 g/mol. The van der Waals surface area contributed by atoms with Crippen LogP contribution in [0.25, 0.3) is 0 Å². The quantitative estimate of drug-likeness (QED) is 0.331. The number of carboxylic acids is 1. The first-order valence-electron chi connectivity index (χ1n) is 4.37. The molecule has 0 aromatic heterocycles. The normalized spacial score (nSPS) is 9.73. The number of aryl methyl sites for hydroxylation is 1. The monoisotopic (exact) mass is 208 g/mol. The lowest BCUT2D eigenvalue weighted by Crippen LogP contribution is -2.38. The summed E-state index contributed by atoms with van der Waals surface area (Å²) in [5.41, 5.74) is 1.52. The van der Waals surface area contributed by atoms with Crippen molar-refractivity contribution >= 4 is 17.6 Å². The summed E-state index contributed by atoms with van der Waals surface area (Å²) in [5, 5.41) is 9.26. The highest BCUT2D eigenvalue weighted by atomic mass is 16.4. The number of hydrazine groups is 1. The van der Waals surface area contributed by atoms with E-state index in [0.717, 1.165) is 10.6 Å².